The lowest BCUT2D eigenvalue weighted by atomic mass is 9.96. The van der Waals surface area contributed by atoms with Crippen LogP contribution >= 0.6 is 0 Å². The highest BCUT2D eigenvalue weighted by atomic mass is 16.1. The van der Waals surface area contributed by atoms with Crippen molar-refractivity contribution < 1.29 is 4.79 Å². The number of ketones is 1. The highest BCUT2D eigenvalue weighted by Crippen LogP contribution is 2.16. The molecule has 0 aliphatic carbocycles. The van der Waals surface area contributed by atoms with Crippen molar-refractivity contribution in [2.24, 2.45) is 0 Å². The zero-order valence-corrected chi connectivity index (χ0v) is 10.9. The van der Waals surface area contributed by atoms with Crippen LogP contribution in [-0.2, 0) is 12.8 Å². The molecule has 0 aliphatic heterocycles. The van der Waals surface area contributed by atoms with E-state index in [0.29, 0.717) is 0 Å². The summed E-state index contributed by atoms with van der Waals surface area (Å²) in [7, 11) is 0. The summed E-state index contributed by atoms with van der Waals surface area (Å²) < 4.78 is 0. The fraction of sp³-hybridized carbons (Fsp3) is 0.235. The molecule has 0 radical (unpaired) electrons. The fourth-order valence-electron chi connectivity index (χ4n) is 2.14. The first-order valence-corrected chi connectivity index (χ1v) is 6.47. The minimum Gasteiger partial charge on any atom is -0.289 e. The molecule has 0 fully saturated rings. The van der Waals surface area contributed by atoms with Gasteiger partial charge in [0.2, 0.25) is 0 Å². The van der Waals surface area contributed by atoms with Crippen LogP contribution in [0.15, 0.2) is 48.5 Å². The third kappa shape index (κ3) is 2.51. The van der Waals surface area contributed by atoms with E-state index in [-0.39, 0.29) is 5.78 Å². The van der Waals surface area contributed by atoms with Gasteiger partial charge in [-0.05, 0) is 30.0 Å². The van der Waals surface area contributed by atoms with Crippen molar-refractivity contribution in [1.29, 1.82) is 0 Å². The van der Waals surface area contributed by atoms with Crippen LogP contribution in [0.25, 0.3) is 0 Å². The highest BCUT2D eigenvalue weighted by Gasteiger charge is 2.12. The molecular weight excluding hydrogens is 220 g/mol. The van der Waals surface area contributed by atoms with Crippen molar-refractivity contribution in [2.45, 2.75) is 26.7 Å². The van der Waals surface area contributed by atoms with E-state index in [0.717, 1.165) is 29.5 Å². The molecule has 0 atom stereocenters. The SMILES string of the molecule is CCc1cccc(C(=O)c2ccccc2CC)c1. The fourth-order valence-corrected chi connectivity index (χ4v) is 2.14. The van der Waals surface area contributed by atoms with Crippen LogP contribution in [-0.4, -0.2) is 5.78 Å². The van der Waals surface area contributed by atoms with Gasteiger partial charge < -0.3 is 0 Å². The van der Waals surface area contributed by atoms with E-state index in [1.165, 1.54) is 5.56 Å². The third-order valence-electron chi connectivity index (χ3n) is 3.24. The van der Waals surface area contributed by atoms with Crippen molar-refractivity contribution in [1.82, 2.24) is 0 Å². The second kappa shape index (κ2) is 5.63. The van der Waals surface area contributed by atoms with E-state index in [9.17, 15) is 4.79 Å². The monoisotopic (exact) mass is 238 g/mol. The molecule has 18 heavy (non-hydrogen) atoms. The molecule has 0 heterocycles. The zero-order chi connectivity index (χ0) is 13.0. The predicted octanol–water partition coefficient (Wildman–Crippen LogP) is 4.04. The van der Waals surface area contributed by atoms with Gasteiger partial charge in [-0.2, -0.15) is 0 Å². The Morgan fingerprint density at radius 3 is 2.44 bits per heavy atom. The molecule has 0 amide bonds. The van der Waals surface area contributed by atoms with Gasteiger partial charge in [0.05, 0.1) is 0 Å². The summed E-state index contributed by atoms with van der Waals surface area (Å²) in [5.74, 6) is 0.128. The molecule has 92 valence electrons. The number of benzene rings is 2. The van der Waals surface area contributed by atoms with Crippen LogP contribution in [0.2, 0.25) is 0 Å². The highest BCUT2D eigenvalue weighted by molar-refractivity contribution is 6.10. The maximum absolute atomic E-state index is 12.5. The Morgan fingerprint density at radius 2 is 1.72 bits per heavy atom. The number of carbonyl (C=O) groups is 1. The van der Waals surface area contributed by atoms with Gasteiger partial charge in [0.1, 0.15) is 0 Å². The molecule has 0 saturated heterocycles. The lowest BCUT2D eigenvalue weighted by Gasteiger charge is -2.07. The predicted molar refractivity (Wildman–Crippen MR) is 75.1 cm³/mol. The molecule has 0 bridgehead atoms. The summed E-state index contributed by atoms with van der Waals surface area (Å²) in [6, 6.07) is 15.8. The molecule has 0 N–H and O–H groups in total. The maximum Gasteiger partial charge on any atom is 0.193 e. The lowest BCUT2D eigenvalue weighted by molar-refractivity contribution is 0.103. The molecule has 0 spiro atoms. The first-order chi connectivity index (χ1) is 8.76. The second-order valence-electron chi connectivity index (χ2n) is 4.39. The summed E-state index contributed by atoms with van der Waals surface area (Å²) in [6.07, 6.45) is 1.84. The molecule has 2 aromatic carbocycles. The Kier molecular flexibility index (Phi) is 3.93. The van der Waals surface area contributed by atoms with Crippen molar-refractivity contribution in [2.75, 3.05) is 0 Å². The van der Waals surface area contributed by atoms with E-state index in [2.05, 4.69) is 19.9 Å². The summed E-state index contributed by atoms with van der Waals surface area (Å²) in [5, 5.41) is 0. The van der Waals surface area contributed by atoms with Crippen LogP contribution in [0.4, 0.5) is 0 Å². The summed E-state index contributed by atoms with van der Waals surface area (Å²) in [6.45, 7) is 4.18. The Morgan fingerprint density at radius 1 is 0.944 bits per heavy atom. The van der Waals surface area contributed by atoms with Gasteiger partial charge in [-0.15, -0.1) is 0 Å². The number of hydrogen-bond donors (Lipinski definition) is 0. The minimum atomic E-state index is 0.128. The van der Waals surface area contributed by atoms with Crippen LogP contribution in [0, 0.1) is 0 Å². The van der Waals surface area contributed by atoms with Gasteiger partial charge in [-0.1, -0.05) is 56.3 Å². The zero-order valence-electron chi connectivity index (χ0n) is 10.9. The molecule has 0 aromatic heterocycles. The van der Waals surface area contributed by atoms with Gasteiger partial charge in [-0.3, -0.25) is 4.79 Å². The normalized spacial score (nSPS) is 10.3. The first-order valence-electron chi connectivity index (χ1n) is 6.47. The number of rotatable bonds is 4. The Hall–Kier alpha value is -1.89. The third-order valence-corrected chi connectivity index (χ3v) is 3.24. The van der Waals surface area contributed by atoms with Crippen LogP contribution in [0.3, 0.4) is 0 Å². The van der Waals surface area contributed by atoms with E-state index in [1.54, 1.807) is 0 Å². The average molecular weight is 238 g/mol. The van der Waals surface area contributed by atoms with Crippen LogP contribution in [0.5, 0.6) is 0 Å². The smallest absolute Gasteiger partial charge is 0.193 e. The minimum absolute atomic E-state index is 0.128. The Balaban J connectivity index is 2.41. The van der Waals surface area contributed by atoms with Crippen LogP contribution < -0.4 is 0 Å². The van der Waals surface area contributed by atoms with E-state index in [1.807, 2.05) is 42.5 Å². The lowest BCUT2D eigenvalue weighted by Crippen LogP contribution is -2.05. The molecule has 0 saturated carbocycles. The van der Waals surface area contributed by atoms with Gasteiger partial charge >= 0.3 is 0 Å². The van der Waals surface area contributed by atoms with Gasteiger partial charge in [-0.25, -0.2) is 0 Å². The summed E-state index contributed by atoms with van der Waals surface area (Å²) in [5.41, 5.74) is 3.93. The number of carbonyl (C=O) groups excluding carboxylic acids is 1. The quantitative estimate of drug-likeness (QED) is 0.735. The summed E-state index contributed by atoms with van der Waals surface area (Å²) >= 11 is 0. The second-order valence-corrected chi connectivity index (χ2v) is 4.39. The molecule has 0 aliphatic rings. The molecular formula is C17H18O. The van der Waals surface area contributed by atoms with Crippen molar-refractivity contribution in [3.8, 4) is 0 Å². The number of aryl methyl sites for hydroxylation is 2. The first kappa shape index (κ1) is 12.6. The van der Waals surface area contributed by atoms with Crippen molar-refractivity contribution >= 4 is 5.78 Å². The van der Waals surface area contributed by atoms with Crippen molar-refractivity contribution in [3.05, 3.63) is 70.8 Å². The van der Waals surface area contributed by atoms with Gasteiger partial charge in [0.15, 0.2) is 5.78 Å². The molecule has 0 unspecified atom stereocenters. The Labute approximate surface area is 108 Å². The van der Waals surface area contributed by atoms with Gasteiger partial charge in [0, 0.05) is 11.1 Å². The van der Waals surface area contributed by atoms with E-state index < -0.39 is 0 Å². The molecule has 1 heteroatoms. The summed E-state index contributed by atoms with van der Waals surface area (Å²) in [4.78, 5) is 12.5. The van der Waals surface area contributed by atoms with E-state index >= 15 is 0 Å². The standard InChI is InChI=1S/C17H18O/c1-3-13-8-7-10-15(12-13)17(18)16-11-6-5-9-14(16)4-2/h5-12H,3-4H2,1-2H3. The van der Waals surface area contributed by atoms with Crippen molar-refractivity contribution in [3.63, 3.8) is 0 Å². The average Bonchev–Trinajstić information content (AvgIpc) is 2.46. The molecule has 2 aromatic rings. The van der Waals surface area contributed by atoms with Gasteiger partial charge in [0.25, 0.3) is 0 Å². The van der Waals surface area contributed by atoms with Crippen LogP contribution in [0.1, 0.15) is 40.9 Å². The number of hydrogen-bond acceptors (Lipinski definition) is 1. The molecule has 2 rings (SSSR count). The van der Waals surface area contributed by atoms with E-state index in [4.69, 9.17) is 0 Å². The Bertz CT molecular complexity index is 555. The topological polar surface area (TPSA) is 17.1 Å². The maximum atomic E-state index is 12.5. The largest absolute Gasteiger partial charge is 0.289 e. The molecule has 1 nitrogen and oxygen atoms in total.